The Labute approximate surface area is 116 Å². The number of rotatable bonds is 9. The third kappa shape index (κ3) is 6.59. The second-order valence-electron chi connectivity index (χ2n) is 4.02. The van der Waals surface area contributed by atoms with Gasteiger partial charge in [-0.25, -0.2) is 0 Å². The smallest absolute Gasteiger partial charge is 0.387 e. The fraction of sp³-hybridized carbons (Fsp3) is 0.538. The van der Waals surface area contributed by atoms with Gasteiger partial charge in [0, 0.05) is 11.1 Å². The van der Waals surface area contributed by atoms with Crippen LogP contribution in [-0.2, 0) is 0 Å². The summed E-state index contributed by atoms with van der Waals surface area (Å²) in [5.74, 6) is 0.244. The van der Waals surface area contributed by atoms with E-state index in [0.29, 0.717) is 18.2 Å². The Balaban J connectivity index is 2.43. The molecule has 0 fully saturated rings. The molecule has 1 aromatic carbocycles. The van der Waals surface area contributed by atoms with Gasteiger partial charge >= 0.3 is 6.61 Å². The van der Waals surface area contributed by atoms with Gasteiger partial charge < -0.3 is 15.2 Å². The first kappa shape index (κ1) is 16.0. The van der Waals surface area contributed by atoms with E-state index < -0.39 is 6.61 Å². The molecule has 0 aliphatic rings. The fourth-order valence-corrected chi connectivity index (χ4v) is 1.73. The van der Waals surface area contributed by atoms with Crippen LogP contribution in [0.5, 0.6) is 11.5 Å². The van der Waals surface area contributed by atoms with E-state index in [1.165, 1.54) is 12.1 Å². The van der Waals surface area contributed by atoms with Gasteiger partial charge in [0.2, 0.25) is 0 Å². The molecule has 0 saturated carbocycles. The zero-order chi connectivity index (χ0) is 14.1. The minimum atomic E-state index is -2.90. The van der Waals surface area contributed by atoms with Gasteiger partial charge in [0.25, 0.3) is 0 Å². The van der Waals surface area contributed by atoms with Crippen LogP contribution < -0.4 is 15.2 Å². The highest BCUT2D eigenvalue weighted by Gasteiger charge is 2.11. The zero-order valence-electron chi connectivity index (χ0n) is 10.6. The van der Waals surface area contributed by atoms with Crippen LogP contribution in [0.1, 0.15) is 25.7 Å². The van der Waals surface area contributed by atoms with Crippen LogP contribution in [0.3, 0.4) is 0 Å². The van der Waals surface area contributed by atoms with E-state index >= 15 is 0 Å². The maximum atomic E-state index is 12.2. The lowest BCUT2D eigenvalue weighted by atomic mass is 10.2. The Bertz CT molecular complexity index is 378. The Morgan fingerprint density at radius 1 is 1.11 bits per heavy atom. The molecule has 0 saturated heterocycles. The average molecular weight is 294 g/mol. The maximum Gasteiger partial charge on any atom is 0.387 e. The van der Waals surface area contributed by atoms with Crippen LogP contribution in [0.15, 0.2) is 18.2 Å². The molecule has 0 unspecified atom stereocenters. The first-order chi connectivity index (χ1) is 9.13. The van der Waals surface area contributed by atoms with Gasteiger partial charge in [-0.05, 0) is 31.5 Å². The van der Waals surface area contributed by atoms with Crippen molar-refractivity contribution in [3.8, 4) is 11.5 Å². The summed E-state index contributed by atoms with van der Waals surface area (Å²) < 4.78 is 34.2. The first-order valence-electron chi connectivity index (χ1n) is 6.20. The molecule has 3 nitrogen and oxygen atoms in total. The Morgan fingerprint density at radius 3 is 2.53 bits per heavy atom. The lowest BCUT2D eigenvalue weighted by Gasteiger charge is -2.12. The van der Waals surface area contributed by atoms with E-state index in [9.17, 15) is 8.78 Å². The van der Waals surface area contributed by atoms with Gasteiger partial charge in [-0.15, -0.1) is 0 Å². The van der Waals surface area contributed by atoms with Crippen molar-refractivity contribution in [1.29, 1.82) is 0 Å². The SMILES string of the molecule is NCCCCCCOc1ccc(Cl)cc1OC(F)F. The van der Waals surface area contributed by atoms with Gasteiger partial charge in [-0.2, -0.15) is 8.78 Å². The number of hydrogen-bond acceptors (Lipinski definition) is 3. The van der Waals surface area contributed by atoms with Gasteiger partial charge in [0.1, 0.15) is 0 Å². The standard InChI is InChI=1S/C13H18ClF2NO2/c14-10-5-6-11(12(9-10)19-13(15)16)18-8-4-2-1-3-7-17/h5-6,9,13H,1-4,7-8,17H2. The van der Waals surface area contributed by atoms with Crippen LogP contribution in [0.2, 0.25) is 5.02 Å². The molecular weight excluding hydrogens is 276 g/mol. The summed E-state index contributed by atoms with van der Waals surface area (Å²) in [4.78, 5) is 0. The van der Waals surface area contributed by atoms with Gasteiger partial charge in [0.05, 0.1) is 6.61 Å². The molecule has 1 aromatic rings. The van der Waals surface area contributed by atoms with E-state index in [2.05, 4.69) is 4.74 Å². The summed E-state index contributed by atoms with van der Waals surface area (Å²) in [5.41, 5.74) is 5.38. The molecule has 1 rings (SSSR count). The average Bonchev–Trinajstić information content (AvgIpc) is 2.35. The lowest BCUT2D eigenvalue weighted by Crippen LogP contribution is -2.05. The second-order valence-corrected chi connectivity index (χ2v) is 4.46. The lowest BCUT2D eigenvalue weighted by molar-refractivity contribution is -0.0515. The van der Waals surface area contributed by atoms with Gasteiger partial charge in [-0.1, -0.05) is 24.4 Å². The van der Waals surface area contributed by atoms with Gasteiger partial charge in [0.15, 0.2) is 11.5 Å². The maximum absolute atomic E-state index is 12.2. The number of hydrogen-bond donors (Lipinski definition) is 1. The Morgan fingerprint density at radius 2 is 1.84 bits per heavy atom. The first-order valence-corrected chi connectivity index (χ1v) is 6.58. The quantitative estimate of drug-likeness (QED) is 0.704. The van der Waals surface area contributed by atoms with Crippen molar-refractivity contribution in [1.82, 2.24) is 0 Å². The molecule has 0 radical (unpaired) electrons. The monoisotopic (exact) mass is 293 g/mol. The molecular formula is C13H18ClF2NO2. The molecule has 108 valence electrons. The van der Waals surface area contributed by atoms with Crippen molar-refractivity contribution in [2.75, 3.05) is 13.2 Å². The molecule has 0 aliphatic carbocycles. The highest BCUT2D eigenvalue weighted by molar-refractivity contribution is 6.30. The molecule has 6 heteroatoms. The topological polar surface area (TPSA) is 44.5 Å². The van der Waals surface area contributed by atoms with E-state index in [0.717, 1.165) is 25.7 Å². The number of halogens is 3. The molecule has 0 aromatic heterocycles. The summed E-state index contributed by atoms with van der Waals surface area (Å²) in [6, 6.07) is 4.42. The summed E-state index contributed by atoms with van der Waals surface area (Å²) in [5, 5.41) is 0.325. The Hall–Kier alpha value is -1.07. The molecule has 19 heavy (non-hydrogen) atoms. The van der Waals surface area contributed by atoms with Crippen molar-refractivity contribution in [3.05, 3.63) is 23.2 Å². The third-order valence-electron chi connectivity index (χ3n) is 2.48. The minimum Gasteiger partial charge on any atom is -0.490 e. The number of ether oxygens (including phenoxy) is 2. The number of nitrogens with two attached hydrogens (primary N) is 1. The van der Waals surface area contributed by atoms with Crippen LogP contribution in [0, 0.1) is 0 Å². The predicted molar refractivity (Wildman–Crippen MR) is 71.1 cm³/mol. The van der Waals surface area contributed by atoms with Crippen molar-refractivity contribution in [3.63, 3.8) is 0 Å². The van der Waals surface area contributed by atoms with Crippen LogP contribution >= 0.6 is 11.6 Å². The summed E-state index contributed by atoms with van der Waals surface area (Å²) in [7, 11) is 0. The number of benzene rings is 1. The van der Waals surface area contributed by atoms with Crippen molar-refractivity contribution >= 4 is 11.6 Å². The minimum absolute atomic E-state index is 0.0375. The van der Waals surface area contributed by atoms with Crippen molar-refractivity contribution in [2.24, 2.45) is 5.73 Å². The number of alkyl halides is 2. The van der Waals surface area contributed by atoms with Crippen molar-refractivity contribution in [2.45, 2.75) is 32.3 Å². The van der Waals surface area contributed by atoms with E-state index in [1.54, 1.807) is 6.07 Å². The highest BCUT2D eigenvalue weighted by Crippen LogP contribution is 2.31. The summed E-state index contributed by atoms with van der Waals surface area (Å²) in [6.45, 7) is -1.76. The summed E-state index contributed by atoms with van der Waals surface area (Å²) >= 11 is 5.73. The highest BCUT2D eigenvalue weighted by atomic mass is 35.5. The Kier molecular flexibility index (Phi) is 7.52. The van der Waals surface area contributed by atoms with Crippen LogP contribution in [0.4, 0.5) is 8.78 Å². The van der Waals surface area contributed by atoms with E-state index in [4.69, 9.17) is 22.1 Å². The molecule has 0 heterocycles. The third-order valence-corrected chi connectivity index (χ3v) is 2.71. The fourth-order valence-electron chi connectivity index (χ4n) is 1.57. The largest absolute Gasteiger partial charge is 0.490 e. The molecule has 0 aliphatic heterocycles. The van der Waals surface area contributed by atoms with Crippen molar-refractivity contribution < 1.29 is 18.3 Å². The molecule has 0 atom stereocenters. The summed E-state index contributed by atoms with van der Waals surface area (Å²) in [6.07, 6.45) is 3.87. The molecule has 0 spiro atoms. The van der Waals surface area contributed by atoms with Crippen LogP contribution in [0.25, 0.3) is 0 Å². The molecule has 0 amide bonds. The van der Waals surface area contributed by atoms with E-state index in [-0.39, 0.29) is 11.5 Å². The second kappa shape index (κ2) is 8.93. The van der Waals surface area contributed by atoms with E-state index in [1.807, 2.05) is 0 Å². The molecule has 2 N–H and O–H groups in total. The number of unbranched alkanes of at least 4 members (excludes halogenated alkanes) is 3. The van der Waals surface area contributed by atoms with Crippen LogP contribution in [-0.4, -0.2) is 19.8 Å². The predicted octanol–water partition coefficient (Wildman–Crippen LogP) is 3.84. The normalized spacial score (nSPS) is 10.8. The zero-order valence-corrected chi connectivity index (χ0v) is 11.3. The molecule has 0 bridgehead atoms. The van der Waals surface area contributed by atoms with Gasteiger partial charge in [-0.3, -0.25) is 0 Å².